The molecule has 0 fully saturated rings. The Labute approximate surface area is 201 Å². The highest BCUT2D eigenvalue weighted by atomic mass is 32.2. The predicted octanol–water partition coefficient (Wildman–Crippen LogP) is 5.48. The smallest absolute Gasteiger partial charge is 0.236 e. The lowest BCUT2D eigenvalue weighted by atomic mass is 10.1. The summed E-state index contributed by atoms with van der Waals surface area (Å²) >= 11 is 4.12. The van der Waals surface area contributed by atoms with Gasteiger partial charge in [-0.05, 0) is 36.1 Å². The van der Waals surface area contributed by atoms with Crippen LogP contribution in [0.5, 0.6) is 0 Å². The summed E-state index contributed by atoms with van der Waals surface area (Å²) in [6, 6.07) is 18.0. The first-order chi connectivity index (χ1) is 15.6. The summed E-state index contributed by atoms with van der Waals surface area (Å²) in [5.41, 5.74) is 3.25. The monoisotopic (exact) mass is 486 g/mol. The van der Waals surface area contributed by atoms with E-state index < -0.39 is 0 Å². The number of hydrogen-bond donors (Lipinski definition) is 2. The van der Waals surface area contributed by atoms with Crippen molar-refractivity contribution in [1.29, 1.82) is 0 Å². The van der Waals surface area contributed by atoms with E-state index in [0.29, 0.717) is 15.2 Å². The first kappa shape index (κ1) is 24.3. The van der Waals surface area contributed by atoms with Gasteiger partial charge in [0.15, 0.2) is 4.34 Å². The summed E-state index contributed by atoms with van der Waals surface area (Å²) in [6.45, 7) is 2.17. The lowest BCUT2D eigenvalue weighted by Crippen LogP contribution is -2.14. The molecule has 6 nitrogen and oxygen atoms in total. The van der Waals surface area contributed by atoms with Gasteiger partial charge >= 0.3 is 0 Å². The molecule has 0 aliphatic rings. The predicted molar refractivity (Wildman–Crippen MR) is 136 cm³/mol. The molecule has 0 unspecified atom stereocenters. The molecule has 3 rings (SSSR count). The number of aromatic nitrogens is 2. The van der Waals surface area contributed by atoms with Gasteiger partial charge in [0.1, 0.15) is 0 Å². The van der Waals surface area contributed by atoms with Crippen LogP contribution < -0.4 is 10.6 Å². The maximum atomic E-state index is 12.2. The van der Waals surface area contributed by atoms with Crippen molar-refractivity contribution < 1.29 is 9.59 Å². The zero-order chi connectivity index (χ0) is 22.6. The molecule has 0 aliphatic carbocycles. The van der Waals surface area contributed by atoms with Crippen LogP contribution in [0.3, 0.4) is 0 Å². The highest BCUT2D eigenvalue weighted by molar-refractivity contribution is 8.01. The fraction of sp³-hybridized carbons (Fsp3) is 0.304. The molecule has 9 heteroatoms. The molecule has 32 heavy (non-hydrogen) atoms. The SMILES string of the molecule is CCCCc1ccc(NC(=O)CSc2nnc(NC(=O)CSCc3ccccc3)s2)cc1. The zero-order valence-corrected chi connectivity index (χ0v) is 20.3. The number of aryl methyl sites for hydroxylation is 1. The minimum Gasteiger partial charge on any atom is -0.325 e. The number of hydrogen-bond acceptors (Lipinski definition) is 7. The first-order valence-corrected chi connectivity index (χ1v) is 13.3. The van der Waals surface area contributed by atoms with Crippen LogP contribution in [0.1, 0.15) is 30.9 Å². The van der Waals surface area contributed by atoms with Crippen molar-refractivity contribution in [1.82, 2.24) is 10.2 Å². The molecule has 2 N–H and O–H groups in total. The van der Waals surface area contributed by atoms with E-state index in [2.05, 4.69) is 39.9 Å². The first-order valence-electron chi connectivity index (χ1n) is 10.4. The molecule has 0 saturated carbocycles. The van der Waals surface area contributed by atoms with Crippen LogP contribution in [0.2, 0.25) is 0 Å². The number of anilines is 2. The molecule has 0 atom stereocenters. The number of thioether (sulfide) groups is 2. The summed E-state index contributed by atoms with van der Waals surface area (Å²) in [4.78, 5) is 24.3. The van der Waals surface area contributed by atoms with E-state index in [1.54, 1.807) is 11.8 Å². The summed E-state index contributed by atoms with van der Waals surface area (Å²) in [5, 5.41) is 14.1. The second-order valence-electron chi connectivity index (χ2n) is 7.04. The number of rotatable bonds is 12. The van der Waals surface area contributed by atoms with Crippen molar-refractivity contribution in [3.05, 3.63) is 65.7 Å². The van der Waals surface area contributed by atoms with Gasteiger partial charge in [0.05, 0.1) is 11.5 Å². The van der Waals surface area contributed by atoms with Crippen molar-refractivity contribution in [2.45, 2.75) is 36.3 Å². The molecule has 0 aliphatic heterocycles. The molecule has 1 aromatic heterocycles. The average molecular weight is 487 g/mol. The standard InChI is InChI=1S/C23H26N4O2S3/c1-2-3-7-17-10-12-19(13-11-17)24-21(29)16-31-23-27-26-22(32-23)25-20(28)15-30-14-18-8-5-4-6-9-18/h4-6,8-13H,2-3,7,14-16H2,1H3,(H,24,29)(H,25,26,28). The Balaban J connectivity index is 1.36. The van der Waals surface area contributed by atoms with Gasteiger partial charge in [-0.25, -0.2) is 0 Å². The van der Waals surface area contributed by atoms with Gasteiger partial charge in [0.2, 0.25) is 16.9 Å². The second-order valence-corrected chi connectivity index (χ2v) is 10.2. The van der Waals surface area contributed by atoms with Crippen molar-refractivity contribution in [3.63, 3.8) is 0 Å². The fourth-order valence-corrected chi connectivity index (χ4v) is 5.13. The third-order valence-corrected chi connectivity index (χ3v) is 7.36. The van der Waals surface area contributed by atoms with Gasteiger partial charge in [0, 0.05) is 11.4 Å². The number of unbranched alkanes of at least 4 members (excludes halogenated alkanes) is 1. The summed E-state index contributed by atoms with van der Waals surface area (Å²) in [5.74, 6) is 1.14. The van der Waals surface area contributed by atoms with Crippen LogP contribution in [0.15, 0.2) is 58.9 Å². The Morgan fingerprint density at radius 1 is 0.906 bits per heavy atom. The van der Waals surface area contributed by atoms with Gasteiger partial charge in [-0.3, -0.25) is 14.9 Å². The number of benzene rings is 2. The van der Waals surface area contributed by atoms with Crippen LogP contribution in [0, 0.1) is 0 Å². The molecule has 1 heterocycles. The van der Waals surface area contributed by atoms with Gasteiger partial charge < -0.3 is 5.32 Å². The zero-order valence-electron chi connectivity index (χ0n) is 17.9. The van der Waals surface area contributed by atoms with Crippen molar-refractivity contribution >= 4 is 57.5 Å². The maximum Gasteiger partial charge on any atom is 0.236 e. The van der Waals surface area contributed by atoms with Crippen molar-refractivity contribution in [2.75, 3.05) is 22.1 Å². The third kappa shape index (κ3) is 8.64. The molecule has 168 valence electrons. The van der Waals surface area contributed by atoms with Crippen LogP contribution in [-0.2, 0) is 21.8 Å². The van der Waals surface area contributed by atoms with E-state index in [-0.39, 0.29) is 17.6 Å². The molecular weight excluding hydrogens is 460 g/mol. The van der Waals surface area contributed by atoms with Crippen LogP contribution in [-0.4, -0.2) is 33.5 Å². The highest BCUT2D eigenvalue weighted by Gasteiger charge is 2.11. The minimum atomic E-state index is -0.112. The van der Waals surface area contributed by atoms with E-state index in [4.69, 9.17) is 0 Å². The lowest BCUT2D eigenvalue weighted by Gasteiger charge is -2.06. The number of carbonyl (C=O) groups excluding carboxylic acids is 2. The lowest BCUT2D eigenvalue weighted by molar-refractivity contribution is -0.114. The maximum absolute atomic E-state index is 12.2. The molecule has 0 radical (unpaired) electrons. The number of amides is 2. The quantitative estimate of drug-likeness (QED) is 0.260. The largest absolute Gasteiger partial charge is 0.325 e. The minimum absolute atomic E-state index is 0.102. The van der Waals surface area contributed by atoms with E-state index in [1.807, 2.05) is 42.5 Å². The normalized spacial score (nSPS) is 10.7. The fourth-order valence-electron chi connectivity index (χ4n) is 2.77. The molecule has 2 aromatic carbocycles. The van der Waals surface area contributed by atoms with E-state index in [9.17, 15) is 9.59 Å². The Hall–Kier alpha value is -2.36. The molecule has 0 saturated heterocycles. The molecule has 0 spiro atoms. The number of nitrogens with zero attached hydrogens (tertiary/aromatic N) is 2. The molecule has 3 aromatic rings. The van der Waals surface area contributed by atoms with Gasteiger partial charge in [-0.2, -0.15) is 0 Å². The average Bonchev–Trinajstić information content (AvgIpc) is 3.25. The topological polar surface area (TPSA) is 84.0 Å². The Morgan fingerprint density at radius 3 is 2.41 bits per heavy atom. The summed E-state index contributed by atoms with van der Waals surface area (Å²) in [7, 11) is 0. The summed E-state index contributed by atoms with van der Waals surface area (Å²) in [6.07, 6.45) is 3.39. The van der Waals surface area contributed by atoms with Crippen molar-refractivity contribution in [3.8, 4) is 0 Å². The Bertz CT molecular complexity index is 994. The molecule has 0 bridgehead atoms. The van der Waals surface area contributed by atoms with Crippen LogP contribution in [0.4, 0.5) is 10.8 Å². The van der Waals surface area contributed by atoms with Gasteiger partial charge in [0.25, 0.3) is 0 Å². The van der Waals surface area contributed by atoms with E-state index >= 15 is 0 Å². The Kier molecular flexibility index (Phi) is 10.1. The molecular formula is C23H26N4O2S3. The third-order valence-electron chi connectivity index (χ3n) is 4.38. The van der Waals surface area contributed by atoms with Crippen LogP contribution >= 0.6 is 34.9 Å². The van der Waals surface area contributed by atoms with E-state index in [0.717, 1.165) is 17.9 Å². The highest BCUT2D eigenvalue weighted by Crippen LogP contribution is 2.26. The summed E-state index contributed by atoms with van der Waals surface area (Å²) < 4.78 is 0.641. The van der Waals surface area contributed by atoms with Crippen LogP contribution in [0.25, 0.3) is 0 Å². The van der Waals surface area contributed by atoms with Gasteiger partial charge in [-0.1, -0.05) is 78.9 Å². The number of carbonyl (C=O) groups is 2. The van der Waals surface area contributed by atoms with E-state index in [1.165, 1.54) is 47.1 Å². The molecule has 2 amide bonds. The second kappa shape index (κ2) is 13.2. The Morgan fingerprint density at radius 2 is 1.66 bits per heavy atom. The number of nitrogens with one attached hydrogen (secondary N) is 2. The van der Waals surface area contributed by atoms with Crippen molar-refractivity contribution in [2.24, 2.45) is 0 Å². The van der Waals surface area contributed by atoms with Gasteiger partial charge in [-0.15, -0.1) is 22.0 Å².